The summed E-state index contributed by atoms with van der Waals surface area (Å²) in [5.74, 6) is 1.52. The number of hydrogen-bond acceptors (Lipinski definition) is 3. The average molecular weight is 469 g/mol. The van der Waals surface area contributed by atoms with Crippen molar-refractivity contribution >= 4 is 53.1 Å². The van der Waals surface area contributed by atoms with Crippen LogP contribution in [0.4, 0.5) is 0 Å². The summed E-state index contributed by atoms with van der Waals surface area (Å²) >= 11 is 12.3. The van der Waals surface area contributed by atoms with Crippen molar-refractivity contribution in [2.75, 3.05) is 13.6 Å². The molecule has 0 spiro atoms. The standard InChI is InChI=1S/C14H18Cl2N6.HI/c1-17-14(19-8-13-20-9-21-22(13)2)18-7-6-10-11(15)4-3-5-12(10)16;/h3-5,9H,6-8H2,1-2H3,(H2,17,18,19);1H. The topological polar surface area (TPSA) is 67.1 Å². The van der Waals surface area contributed by atoms with Gasteiger partial charge in [-0.3, -0.25) is 9.67 Å². The molecule has 6 nitrogen and oxygen atoms in total. The van der Waals surface area contributed by atoms with Crippen molar-refractivity contribution < 1.29 is 0 Å². The number of nitrogens with zero attached hydrogens (tertiary/aromatic N) is 4. The van der Waals surface area contributed by atoms with E-state index in [1.54, 1.807) is 11.7 Å². The van der Waals surface area contributed by atoms with Crippen molar-refractivity contribution in [3.8, 4) is 0 Å². The molecule has 0 aliphatic carbocycles. The highest BCUT2D eigenvalue weighted by molar-refractivity contribution is 14.0. The smallest absolute Gasteiger partial charge is 0.191 e. The van der Waals surface area contributed by atoms with Gasteiger partial charge in [-0.1, -0.05) is 29.3 Å². The quantitative estimate of drug-likeness (QED) is 0.402. The lowest BCUT2D eigenvalue weighted by atomic mass is 10.1. The second-order valence-corrected chi connectivity index (χ2v) is 5.42. The van der Waals surface area contributed by atoms with E-state index >= 15 is 0 Å². The molecule has 0 atom stereocenters. The average Bonchev–Trinajstić information content (AvgIpc) is 2.90. The Bertz CT molecular complexity index is 638. The molecule has 9 heteroatoms. The largest absolute Gasteiger partial charge is 0.356 e. The predicted molar refractivity (Wildman–Crippen MR) is 105 cm³/mol. The van der Waals surface area contributed by atoms with Crippen LogP contribution in [0, 0.1) is 0 Å². The SMILES string of the molecule is CN=C(NCCc1c(Cl)cccc1Cl)NCc1ncnn1C.I. The fourth-order valence-electron chi connectivity index (χ4n) is 1.94. The van der Waals surface area contributed by atoms with Crippen LogP contribution in [-0.4, -0.2) is 34.3 Å². The summed E-state index contributed by atoms with van der Waals surface area (Å²) in [5, 5.41) is 11.8. The third kappa shape index (κ3) is 5.82. The molecule has 0 bridgehead atoms. The van der Waals surface area contributed by atoms with Gasteiger partial charge in [-0.2, -0.15) is 5.10 Å². The molecule has 23 heavy (non-hydrogen) atoms. The lowest BCUT2D eigenvalue weighted by Crippen LogP contribution is -2.38. The lowest BCUT2D eigenvalue weighted by molar-refractivity contribution is 0.672. The van der Waals surface area contributed by atoms with Gasteiger partial charge in [0.1, 0.15) is 12.2 Å². The molecule has 0 aliphatic rings. The molecule has 1 aromatic carbocycles. The van der Waals surface area contributed by atoms with Gasteiger partial charge >= 0.3 is 0 Å². The molecule has 2 aromatic rings. The molecule has 0 saturated heterocycles. The number of halogens is 3. The molecule has 0 radical (unpaired) electrons. The van der Waals surface area contributed by atoms with E-state index in [1.807, 2.05) is 25.2 Å². The summed E-state index contributed by atoms with van der Waals surface area (Å²) in [6.45, 7) is 1.21. The van der Waals surface area contributed by atoms with Gasteiger partial charge in [-0.15, -0.1) is 24.0 Å². The zero-order valence-corrected chi connectivity index (χ0v) is 16.7. The molecule has 2 rings (SSSR count). The summed E-state index contributed by atoms with van der Waals surface area (Å²) in [7, 11) is 3.56. The molecule has 2 N–H and O–H groups in total. The van der Waals surface area contributed by atoms with E-state index in [9.17, 15) is 0 Å². The van der Waals surface area contributed by atoms with E-state index in [0.717, 1.165) is 11.4 Å². The number of aryl methyl sites for hydroxylation is 1. The first-order valence-electron chi connectivity index (χ1n) is 6.82. The third-order valence-corrected chi connectivity index (χ3v) is 3.88. The molecular formula is C14H19Cl2IN6. The number of rotatable bonds is 5. The monoisotopic (exact) mass is 468 g/mol. The van der Waals surface area contributed by atoms with Crippen LogP contribution in [0.3, 0.4) is 0 Å². The Kier molecular flexibility index (Phi) is 8.64. The van der Waals surface area contributed by atoms with Crippen LogP contribution in [0.15, 0.2) is 29.5 Å². The minimum Gasteiger partial charge on any atom is -0.356 e. The van der Waals surface area contributed by atoms with Crippen molar-refractivity contribution in [3.63, 3.8) is 0 Å². The number of nitrogens with one attached hydrogen (secondary N) is 2. The summed E-state index contributed by atoms with van der Waals surface area (Å²) in [6, 6.07) is 5.51. The van der Waals surface area contributed by atoms with E-state index in [1.165, 1.54) is 6.33 Å². The Balaban J connectivity index is 0.00000264. The molecule has 0 aliphatic heterocycles. The van der Waals surface area contributed by atoms with Crippen LogP contribution < -0.4 is 10.6 Å². The van der Waals surface area contributed by atoms with E-state index in [-0.39, 0.29) is 24.0 Å². The van der Waals surface area contributed by atoms with Gasteiger partial charge in [0.2, 0.25) is 0 Å². The Morgan fingerprint density at radius 1 is 1.26 bits per heavy atom. The molecule has 0 fully saturated rings. The first-order valence-corrected chi connectivity index (χ1v) is 7.57. The van der Waals surface area contributed by atoms with Gasteiger partial charge in [0.15, 0.2) is 5.96 Å². The number of hydrogen-bond donors (Lipinski definition) is 2. The minimum atomic E-state index is 0. The second kappa shape index (κ2) is 9.94. The van der Waals surface area contributed by atoms with Crippen LogP contribution in [-0.2, 0) is 20.0 Å². The van der Waals surface area contributed by atoms with Gasteiger partial charge < -0.3 is 10.6 Å². The fourth-order valence-corrected chi connectivity index (χ4v) is 2.53. The number of guanidine groups is 1. The van der Waals surface area contributed by atoms with E-state index in [4.69, 9.17) is 23.2 Å². The van der Waals surface area contributed by atoms with Crippen molar-refractivity contribution in [3.05, 3.63) is 46.0 Å². The van der Waals surface area contributed by atoms with Gasteiger partial charge in [0.05, 0.1) is 6.54 Å². The lowest BCUT2D eigenvalue weighted by Gasteiger charge is -2.12. The number of benzene rings is 1. The zero-order valence-electron chi connectivity index (χ0n) is 12.9. The van der Waals surface area contributed by atoms with Gasteiger partial charge in [-0.05, 0) is 24.1 Å². The Hall–Kier alpha value is -1.06. The molecule has 0 saturated carbocycles. The normalized spacial score (nSPS) is 11.0. The molecule has 0 unspecified atom stereocenters. The maximum absolute atomic E-state index is 6.15. The highest BCUT2D eigenvalue weighted by atomic mass is 127. The van der Waals surface area contributed by atoms with Crippen LogP contribution in [0.1, 0.15) is 11.4 Å². The Morgan fingerprint density at radius 2 is 1.96 bits per heavy atom. The molecule has 0 amide bonds. The maximum Gasteiger partial charge on any atom is 0.191 e. The zero-order chi connectivity index (χ0) is 15.9. The van der Waals surface area contributed by atoms with Crippen molar-refractivity contribution in [2.45, 2.75) is 13.0 Å². The third-order valence-electron chi connectivity index (χ3n) is 3.17. The highest BCUT2D eigenvalue weighted by Crippen LogP contribution is 2.24. The van der Waals surface area contributed by atoms with Crippen molar-refractivity contribution in [1.82, 2.24) is 25.4 Å². The van der Waals surface area contributed by atoms with Crippen LogP contribution >= 0.6 is 47.2 Å². The number of aromatic nitrogens is 3. The van der Waals surface area contributed by atoms with Crippen LogP contribution in [0.2, 0.25) is 10.0 Å². The Morgan fingerprint density at radius 3 is 2.52 bits per heavy atom. The van der Waals surface area contributed by atoms with Crippen LogP contribution in [0.25, 0.3) is 0 Å². The first kappa shape index (κ1) is 20.0. The first-order chi connectivity index (χ1) is 10.6. The van der Waals surface area contributed by atoms with Gasteiger partial charge in [-0.25, -0.2) is 4.98 Å². The van der Waals surface area contributed by atoms with Crippen molar-refractivity contribution in [2.24, 2.45) is 12.0 Å². The van der Waals surface area contributed by atoms with Crippen LogP contribution in [0.5, 0.6) is 0 Å². The molecule has 1 aromatic heterocycles. The van der Waals surface area contributed by atoms with E-state index in [2.05, 4.69) is 25.7 Å². The van der Waals surface area contributed by atoms with Crippen molar-refractivity contribution in [1.29, 1.82) is 0 Å². The minimum absolute atomic E-state index is 0. The van der Waals surface area contributed by atoms with Gasteiger partial charge in [0, 0.05) is 30.7 Å². The molecular weight excluding hydrogens is 450 g/mol. The van der Waals surface area contributed by atoms with E-state index < -0.39 is 0 Å². The fraction of sp³-hybridized carbons (Fsp3) is 0.357. The summed E-state index contributed by atoms with van der Waals surface area (Å²) < 4.78 is 1.71. The van der Waals surface area contributed by atoms with E-state index in [0.29, 0.717) is 35.5 Å². The molecule has 1 heterocycles. The highest BCUT2D eigenvalue weighted by Gasteiger charge is 2.06. The Labute approximate surface area is 162 Å². The molecule has 126 valence electrons. The maximum atomic E-state index is 6.15. The van der Waals surface area contributed by atoms with Gasteiger partial charge in [0.25, 0.3) is 0 Å². The summed E-state index contributed by atoms with van der Waals surface area (Å²) in [6.07, 6.45) is 2.23. The predicted octanol–water partition coefficient (Wildman–Crippen LogP) is 2.65. The second-order valence-electron chi connectivity index (χ2n) is 4.60. The summed E-state index contributed by atoms with van der Waals surface area (Å²) in [4.78, 5) is 8.31. The summed E-state index contributed by atoms with van der Waals surface area (Å²) in [5.41, 5.74) is 0.932. The number of aliphatic imine (C=N–C) groups is 1.